The van der Waals surface area contributed by atoms with Gasteiger partial charge in [-0.2, -0.15) is 0 Å². The highest BCUT2D eigenvalue weighted by atomic mass is 16.5. The number of rotatable bonds is 5. The van der Waals surface area contributed by atoms with Crippen molar-refractivity contribution in [2.75, 3.05) is 38.2 Å². The minimum absolute atomic E-state index is 0.00991. The maximum Gasteiger partial charge on any atom is 0.243 e. The van der Waals surface area contributed by atoms with Gasteiger partial charge in [-0.25, -0.2) is 4.98 Å². The van der Waals surface area contributed by atoms with Crippen molar-refractivity contribution in [1.82, 2.24) is 15.6 Å². The summed E-state index contributed by atoms with van der Waals surface area (Å²) in [6.45, 7) is 4.89. The number of nitrogens with one attached hydrogen (secondary N) is 2. The Hall–Kier alpha value is -1.82. The molecule has 20 heavy (non-hydrogen) atoms. The van der Waals surface area contributed by atoms with Gasteiger partial charge in [0, 0.05) is 32.9 Å². The molecule has 0 aromatic carbocycles. The van der Waals surface area contributed by atoms with Crippen LogP contribution >= 0.6 is 0 Å². The summed E-state index contributed by atoms with van der Waals surface area (Å²) in [5.74, 6) is 1.48. The largest absolute Gasteiger partial charge is 0.490 e. The van der Waals surface area contributed by atoms with Crippen LogP contribution in [-0.4, -0.2) is 50.2 Å². The molecule has 0 bridgehead atoms. The molecule has 1 fully saturated rings. The number of anilines is 1. The Labute approximate surface area is 119 Å². The van der Waals surface area contributed by atoms with Crippen molar-refractivity contribution < 1.29 is 9.53 Å². The maximum absolute atomic E-state index is 12.0. The van der Waals surface area contributed by atoms with Crippen molar-refractivity contribution in [1.29, 1.82) is 0 Å². The molecule has 1 saturated heterocycles. The summed E-state index contributed by atoms with van der Waals surface area (Å²) < 4.78 is 5.74. The van der Waals surface area contributed by atoms with Crippen molar-refractivity contribution in [2.45, 2.75) is 19.4 Å². The van der Waals surface area contributed by atoms with E-state index >= 15 is 0 Å². The van der Waals surface area contributed by atoms with E-state index in [-0.39, 0.29) is 11.9 Å². The highest BCUT2D eigenvalue weighted by Crippen LogP contribution is 2.27. The molecule has 0 aliphatic carbocycles. The molecule has 2 N–H and O–H groups in total. The number of amides is 1. The number of pyridine rings is 1. The molecular weight excluding hydrogens is 256 g/mol. The summed E-state index contributed by atoms with van der Waals surface area (Å²) in [6.07, 6.45) is 2.67. The molecular formula is C14H22N4O2. The smallest absolute Gasteiger partial charge is 0.243 e. The SMILES string of the molecule is CCCOc1cccnc1N1CCNCC1C(=O)NC. The topological polar surface area (TPSA) is 66.5 Å². The number of ether oxygens (including phenoxy) is 1. The molecule has 1 aliphatic heterocycles. The van der Waals surface area contributed by atoms with Crippen molar-refractivity contribution in [3.63, 3.8) is 0 Å². The van der Waals surface area contributed by atoms with Gasteiger partial charge in [0.05, 0.1) is 6.61 Å². The van der Waals surface area contributed by atoms with Crippen LogP contribution in [0.3, 0.4) is 0 Å². The molecule has 110 valence electrons. The quantitative estimate of drug-likeness (QED) is 0.816. The fourth-order valence-corrected chi connectivity index (χ4v) is 2.28. The minimum Gasteiger partial charge on any atom is -0.490 e. The van der Waals surface area contributed by atoms with Gasteiger partial charge in [0.1, 0.15) is 6.04 Å². The number of hydrogen-bond donors (Lipinski definition) is 2. The van der Waals surface area contributed by atoms with Crippen LogP contribution in [0.5, 0.6) is 5.75 Å². The van der Waals surface area contributed by atoms with E-state index in [0.29, 0.717) is 13.2 Å². The molecule has 0 radical (unpaired) electrons. The third-order valence-electron chi connectivity index (χ3n) is 3.28. The second-order valence-electron chi connectivity index (χ2n) is 4.70. The molecule has 1 aromatic heterocycles. The van der Waals surface area contributed by atoms with Crippen LogP contribution in [0.2, 0.25) is 0 Å². The van der Waals surface area contributed by atoms with Crippen molar-refractivity contribution in [3.8, 4) is 5.75 Å². The van der Waals surface area contributed by atoms with E-state index in [4.69, 9.17) is 4.74 Å². The van der Waals surface area contributed by atoms with Crippen molar-refractivity contribution in [2.24, 2.45) is 0 Å². The van der Waals surface area contributed by atoms with Crippen molar-refractivity contribution >= 4 is 11.7 Å². The zero-order valence-electron chi connectivity index (χ0n) is 12.1. The zero-order chi connectivity index (χ0) is 14.4. The first kappa shape index (κ1) is 14.6. The van der Waals surface area contributed by atoms with E-state index in [1.807, 2.05) is 17.0 Å². The third-order valence-corrected chi connectivity index (χ3v) is 3.28. The Morgan fingerprint density at radius 2 is 2.50 bits per heavy atom. The second kappa shape index (κ2) is 7.09. The van der Waals surface area contributed by atoms with Crippen molar-refractivity contribution in [3.05, 3.63) is 18.3 Å². The average molecular weight is 278 g/mol. The summed E-state index contributed by atoms with van der Waals surface area (Å²) in [5.41, 5.74) is 0. The molecule has 2 heterocycles. The van der Waals surface area contributed by atoms with Gasteiger partial charge in [-0.15, -0.1) is 0 Å². The number of carbonyl (C=O) groups is 1. The van der Waals surface area contributed by atoms with Gasteiger partial charge in [0.2, 0.25) is 5.91 Å². The lowest BCUT2D eigenvalue weighted by atomic mass is 10.1. The molecule has 6 nitrogen and oxygen atoms in total. The Balaban J connectivity index is 2.25. The Bertz CT molecular complexity index is 453. The summed E-state index contributed by atoms with van der Waals surface area (Å²) in [4.78, 5) is 18.4. The minimum atomic E-state index is -0.257. The van der Waals surface area contributed by atoms with E-state index in [1.54, 1.807) is 13.2 Å². The Morgan fingerprint density at radius 1 is 1.65 bits per heavy atom. The summed E-state index contributed by atoms with van der Waals surface area (Å²) in [7, 11) is 1.65. The monoisotopic (exact) mass is 278 g/mol. The lowest BCUT2D eigenvalue weighted by Gasteiger charge is -2.36. The van der Waals surface area contributed by atoms with Crippen LogP contribution in [0.15, 0.2) is 18.3 Å². The molecule has 0 spiro atoms. The molecule has 2 rings (SSSR count). The third kappa shape index (κ3) is 3.19. The number of carbonyl (C=O) groups excluding carboxylic acids is 1. The first-order chi connectivity index (χ1) is 9.77. The molecule has 0 saturated carbocycles. The number of hydrogen-bond acceptors (Lipinski definition) is 5. The molecule has 1 amide bonds. The van der Waals surface area contributed by atoms with Crippen LogP contribution in [0.1, 0.15) is 13.3 Å². The number of likely N-dealkylation sites (N-methyl/N-ethyl adjacent to an activating group) is 1. The first-order valence-electron chi connectivity index (χ1n) is 7.04. The lowest BCUT2D eigenvalue weighted by Crippen LogP contribution is -2.58. The summed E-state index contributed by atoms with van der Waals surface area (Å²) in [6, 6.07) is 3.50. The maximum atomic E-state index is 12.0. The van der Waals surface area contributed by atoms with Gasteiger partial charge in [-0.05, 0) is 18.6 Å². The molecule has 1 atom stereocenters. The fourth-order valence-electron chi connectivity index (χ4n) is 2.28. The van der Waals surface area contributed by atoms with E-state index in [1.165, 1.54) is 0 Å². The van der Waals surface area contributed by atoms with Crippen LogP contribution in [-0.2, 0) is 4.79 Å². The van der Waals surface area contributed by atoms with Gasteiger partial charge in [0.15, 0.2) is 11.6 Å². The van der Waals surface area contributed by atoms with Crippen LogP contribution in [0, 0.1) is 0 Å². The standard InChI is InChI=1S/C14H22N4O2/c1-3-9-20-12-5-4-6-17-13(12)18-8-7-16-10-11(18)14(19)15-2/h4-6,11,16H,3,7-10H2,1-2H3,(H,15,19). The average Bonchev–Trinajstić information content (AvgIpc) is 2.52. The van der Waals surface area contributed by atoms with Gasteiger partial charge in [0.25, 0.3) is 0 Å². The highest BCUT2D eigenvalue weighted by Gasteiger charge is 2.30. The predicted molar refractivity (Wildman–Crippen MR) is 78.1 cm³/mol. The zero-order valence-corrected chi connectivity index (χ0v) is 12.1. The summed E-state index contributed by atoms with van der Waals surface area (Å²) >= 11 is 0. The molecule has 1 unspecified atom stereocenters. The normalized spacial score (nSPS) is 18.7. The second-order valence-corrected chi connectivity index (χ2v) is 4.70. The predicted octanol–water partition coefficient (Wildman–Crippen LogP) is 0.395. The Morgan fingerprint density at radius 3 is 3.25 bits per heavy atom. The summed E-state index contributed by atoms with van der Waals surface area (Å²) in [5, 5.41) is 5.95. The van der Waals surface area contributed by atoms with E-state index < -0.39 is 0 Å². The van der Waals surface area contributed by atoms with Gasteiger partial charge >= 0.3 is 0 Å². The lowest BCUT2D eigenvalue weighted by molar-refractivity contribution is -0.122. The number of aromatic nitrogens is 1. The number of piperazine rings is 1. The van der Waals surface area contributed by atoms with Gasteiger partial charge in [-0.3, -0.25) is 4.79 Å². The van der Waals surface area contributed by atoms with Crippen LogP contribution < -0.4 is 20.3 Å². The molecule has 6 heteroatoms. The Kier molecular flexibility index (Phi) is 5.17. The first-order valence-corrected chi connectivity index (χ1v) is 7.04. The van der Waals surface area contributed by atoms with Gasteiger partial charge in [-0.1, -0.05) is 6.92 Å². The fraction of sp³-hybridized carbons (Fsp3) is 0.571. The van der Waals surface area contributed by atoms with Crippen LogP contribution in [0.4, 0.5) is 5.82 Å². The van der Waals surface area contributed by atoms with E-state index in [9.17, 15) is 4.79 Å². The van der Waals surface area contributed by atoms with E-state index in [0.717, 1.165) is 31.1 Å². The highest BCUT2D eigenvalue weighted by molar-refractivity contribution is 5.85. The molecule has 1 aliphatic rings. The van der Waals surface area contributed by atoms with Gasteiger partial charge < -0.3 is 20.3 Å². The number of nitrogens with zero attached hydrogens (tertiary/aromatic N) is 2. The van der Waals surface area contributed by atoms with E-state index in [2.05, 4.69) is 22.5 Å². The molecule has 1 aromatic rings. The van der Waals surface area contributed by atoms with Crippen LogP contribution in [0.25, 0.3) is 0 Å².